The number of rotatable bonds is 3. The van der Waals surface area contributed by atoms with Crippen LogP contribution in [0.1, 0.15) is 15.8 Å². The lowest BCUT2D eigenvalue weighted by atomic mass is 10.1. The summed E-state index contributed by atoms with van der Waals surface area (Å²) in [6.07, 6.45) is 4.23. The van der Waals surface area contributed by atoms with Gasteiger partial charge in [-0.05, 0) is 17.5 Å². The Morgan fingerprint density at radius 3 is 3.00 bits per heavy atom. The zero-order chi connectivity index (χ0) is 9.10. The molecular formula is C10H9ClOS. The summed E-state index contributed by atoms with van der Waals surface area (Å²) in [7, 11) is 0. The Morgan fingerprint density at radius 1 is 1.46 bits per heavy atom. The van der Waals surface area contributed by atoms with Crippen molar-refractivity contribution in [3.05, 3.63) is 46.5 Å². The molecule has 0 N–H and O–H groups in total. The van der Waals surface area contributed by atoms with Gasteiger partial charge in [0.2, 0.25) is 0 Å². The third kappa shape index (κ3) is 2.14. The molecule has 0 spiro atoms. The van der Waals surface area contributed by atoms with Crippen molar-refractivity contribution >= 4 is 22.9 Å². The highest BCUT2D eigenvalue weighted by atomic mass is 35.5. The number of alkyl halides is 1. The molecule has 2 aromatic heterocycles. The monoisotopic (exact) mass is 212 g/mol. The molecule has 0 radical (unpaired) electrons. The molecular weight excluding hydrogens is 204 g/mol. The first-order valence-electron chi connectivity index (χ1n) is 4.05. The van der Waals surface area contributed by atoms with E-state index in [2.05, 4.69) is 11.4 Å². The van der Waals surface area contributed by atoms with E-state index in [1.165, 1.54) is 4.88 Å². The Balaban J connectivity index is 2.04. The molecule has 2 aromatic rings. The van der Waals surface area contributed by atoms with E-state index in [0.717, 1.165) is 12.0 Å². The summed E-state index contributed by atoms with van der Waals surface area (Å²) in [5, 5.41) is 2.09. The summed E-state index contributed by atoms with van der Waals surface area (Å²) in [6, 6.07) is 6.05. The molecule has 0 aliphatic carbocycles. The molecule has 2 heterocycles. The van der Waals surface area contributed by atoms with Crippen LogP contribution in [-0.4, -0.2) is 0 Å². The van der Waals surface area contributed by atoms with Crippen LogP contribution in [-0.2, 0) is 6.42 Å². The van der Waals surface area contributed by atoms with E-state index in [9.17, 15) is 0 Å². The SMILES string of the molecule is ClC(Cc1cccs1)c1ccoc1. The van der Waals surface area contributed by atoms with Crippen LogP contribution in [0, 0.1) is 0 Å². The Morgan fingerprint density at radius 2 is 2.38 bits per heavy atom. The summed E-state index contributed by atoms with van der Waals surface area (Å²) < 4.78 is 4.97. The number of furan rings is 1. The molecule has 1 unspecified atom stereocenters. The molecule has 2 rings (SSSR count). The van der Waals surface area contributed by atoms with Gasteiger partial charge < -0.3 is 4.42 Å². The normalized spacial score (nSPS) is 13.0. The molecule has 0 saturated heterocycles. The lowest BCUT2D eigenvalue weighted by molar-refractivity contribution is 0.563. The van der Waals surface area contributed by atoms with Gasteiger partial charge in [-0.1, -0.05) is 6.07 Å². The predicted octanol–water partition coefficient (Wildman–Crippen LogP) is 3.86. The van der Waals surface area contributed by atoms with Gasteiger partial charge in [-0.3, -0.25) is 0 Å². The third-order valence-electron chi connectivity index (χ3n) is 1.87. The van der Waals surface area contributed by atoms with Gasteiger partial charge in [-0.25, -0.2) is 0 Å². The van der Waals surface area contributed by atoms with Crippen LogP contribution in [0.2, 0.25) is 0 Å². The number of hydrogen-bond acceptors (Lipinski definition) is 2. The second-order valence-corrected chi connectivity index (χ2v) is 4.37. The molecule has 68 valence electrons. The minimum Gasteiger partial charge on any atom is -0.472 e. The molecule has 1 atom stereocenters. The maximum atomic E-state index is 6.19. The van der Waals surface area contributed by atoms with Gasteiger partial charge in [0, 0.05) is 16.9 Å². The van der Waals surface area contributed by atoms with Crippen molar-refractivity contribution in [3.8, 4) is 0 Å². The van der Waals surface area contributed by atoms with Gasteiger partial charge >= 0.3 is 0 Å². The fraction of sp³-hybridized carbons (Fsp3) is 0.200. The van der Waals surface area contributed by atoms with Crippen LogP contribution in [0.25, 0.3) is 0 Å². The molecule has 0 amide bonds. The molecule has 1 nitrogen and oxygen atoms in total. The van der Waals surface area contributed by atoms with Crippen molar-refractivity contribution in [1.82, 2.24) is 0 Å². The fourth-order valence-electron chi connectivity index (χ4n) is 1.18. The van der Waals surface area contributed by atoms with Gasteiger partial charge in [0.1, 0.15) is 0 Å². The Labute approximate surface area is 86.0 Å². The highest BCUT2D eigenvalue weighted by molar-refractivity contribution is 7.09. The first-order chi connectivity index (χ1) is 6.36. The highest BCUT2D eigenvalue weighted by Crippen LogP contribution is 2.26. The van der Waals surface area contributed by atoms with Gasteiger partial charge in [-0.15, -0.1) is 22.9 Å². The predicted molar refractivity (Wildman–Crippen MR) is 55.3 cm³/mol. The summed E-state index contributed by atoms with van der Waals surface area (Å²) >= 11 is 7.92. The van der Waals surface area contributed by atoms with Crippen LogP contribution in [0.5, 0.6) is 0 Å². The van der Waals surface area contributed by atoms with E-state index in [-0.39, 0.29) is 5.38 Å². The minimum atomic E-state index is 0.0254. The topological polar surface area (TPSA) is 13.1 Å². The summed E-state index contributed by atoms with van der Waals surface area (Å²) in [5.74, 6) is 0. The lowest BCUT2D eigenvalue weighted by Gasteiger charge is -2.03. The van der Waals surface area contributed by atoms with Crippen molar-refractivity contribution in [1.29, 1.82) is 0 Å². The summed E-state index contributed by atoms with van der Waals surface area (Å²) in [4.78, 5) is 1.31. The second kappa shape index (κ2) is 3.99. The smallest absolute Gasteiger partial charge is 0.0949 e. The Bertz CT molecular complexity index is 339. The number of hydrogen-bond donors (Lipinski definition) is 0. The van der Waals surface area contributed by atoms with Crippen LogP contribution < -0.4 is 0 Å². The summed E-state index contributed by atoms with van der Waals surface area (Å²) in [6.45, 7) is 0. The fourth-order valence-corrected chi connectivity index (χ4v) is 2.31. The van der Waals surface area contributed by atoms with E-state index in [1.54, 1.807) is 23.9 Å². The average Bonchev–Trinajstić information content (AvgIpc) is 2.74. The van der Waals surface area contributed by atoms with E-state index in [4.69, 9.17) is 16.0 Å². The Kier molecular flexibility index (Phi) is 2.71. The van der Waals surface area contributed by atoms with Crippen molar-refractivity contribution in [2.45, 2.75) is 11.8 Å². The largest absolute Gasteiger partial charge is 0.472 e. The van der Waals surface area contributed by atoms with Gasteiger partial charge in [0.15, 0.2) is 0 Å². The zero-order valence-corrected chi connectivity index (χ0v) is 8.52. The maximum absolute atomic E-state index is 6.19. The molecule has 0 bridgehead atoms. The second-order valence-electron chi connectivity index (χ2n) is 2.81. The molecule has 0 aromatic carbocycles. The van der Waals surface area contributed by atoms with Crippen molar-refractivity contribution in [2.24, 2.45) is 0 Å². The first-order valence-corrected chi connectivity index (χ1v) is 5.36. The van der Waals surface area contributed by atoms with Gasteiger partial charge in [0.25, 0.3) is 0 Å². The third-order valence-corrected chi connectivity index (χ3v) is 3.17. The Hall–Kier alpha value is -0.730. The van der Waals surface area contributed by atoms with Crippen molar-refractivity contribution in [3.63, 3.8) is 0 Å². The van der Waals surface area contributed by atoms with Crippen LogP contribution in [0.4, 0.5) is 0 Å². The van der Waals surface area contributed by atoms with Crippen molar-refractivity contribution < 1.29 is 4.42 Å². The quantitative estimate of drug-likeness (QED) is 0.705. The standard InChI is InChI=1S/C10H9ClOS/c11-10(8-3-4-12-7-8)6-9-2-1-5-13-9/h1-5,7,10H,6H2. The minimum absolute atomic E-state index is 0.0254. The lowest BCUT2D eigenvalue weighted by Crippen LogP contribution is -1.91. The van der Waals surface area contributed by atoms with Crippen LogP contribution in [0.15, 0.2) is 40.5 Å². The van der Waals surface area contributed by atoms with Crippen LogP contribution in [0.3, 0.4) is 0 Å². The first kappa shape index (κ1) is 8.85. The summed E-state index contributed by atoms with van der Waals surface area (Å²) in [5.41, 5.74) is 1.05. The van der Waals surface area contributed by atoms with Crippen LogP contribution >= 0.6 is 22.9 Å². The molecule has 0 aliphatic rings. The highest BCUT2D eigenvalue weighted by Gasteiger charge is 2.10. The average molecular weight is 213 g/mol. The van der Waals surface area contributed by atoms with Gasteiger partial charge in [0.05, 0.1) is 17.9 Å². The molecule has 13 heavy (non-hydrogen) atoms. The molecule has 3 heteroatoms. The van der Waals surface area contributed by atoms with E-state index in [0.29, 0.717) is 0 Å². The van der Waals surface area contributed by atoms with E-state index in [1.807, 2.05) is 12.1 Å². The van der Waals surface area contributed by atoms with E-state index < -0.39 is 0 Å². The van der Waals surface area contributed by atoms with Crippen molar-refractivity contribution in [2.75, 3.05) is 0 Å². The maximum Gasteiger partial charge on any atom is 0.0949 e. The number of thiophene rings is 1. The molecule has 0 saturated carbocycles. The molecule has 0 aliphatic heterocycles. The zero-order valence-electron chi connectivity index (χ0n) is 6.94. The van der Waals surface area contributed by atoms with E-state index >= 15 is 0 Å². The molecule has 0 fully saturated rings. The van der Waals surface area contributed by atoms with Gasteiger partial charge in [-0.2, -0.15) is 0 Å². The number of halogens is 1.